The minimum absolute atomic E-state index is 0.0921. The monoisotopic (exact) mass is 427 g/mol. The molecule has 160 valence electrons. The van der Waals surface area contributed by atoms with Gasteiger partial charge >= 0.3 is 0 Å². The van der Waals surface area contributed by atoms with Gasteiger partial charge in [0.15, 0.2) is 0 Å². The van der Waals surface area contributed by atoms with Gasteiger partial charge in [-0.25, -0.2) is 4.90 Å². The summed E-state index contributed by atoms with van der Waals surface area (Å²) < 4.78 is 0. The van der Waals surface area contributed by atoms with Crippen LogP contribution in [-0.4, -0.2) is 16.7 Å². The van der Waals surface area contributed by atoms with Gasteiger partial charge in [0, 0.05) is 17.8 Å². The molecular weight excluding hydrogens is 406 g/mol. The van der Waals surface area contributed by atoms with Crippen LogP contribution in [0.2, 0.25) is 0 Å². The van der Waals surface area contributed by atoms with Gasteiger partial charge in [0.2, 0.25) is 0 Å². The highest BCUT2D eigenvalue weighted by Gasteiger charge is 2.40. The molecule has 0 radical (unpaired) electrons. The van der Waals surface area contributed by atoms with E-state index in [1.807, 2.05) is 51.1 Å². The number of benzene rings is 3. The van der Waals surface area contributed by atoms with Gasteiger partial charge in [0.05, 0.1) is 16.2 Å². The SMILES string of the molecule is Cc1cccc(NC2=C(c3ccc([N+](=O)[O-])cc3)C(=O)N(c3cc(C)cc(C)c3)C2=O)c1. The zero-order chi connectivity index (χ0) is 23.0. The maximum absolute atomic E-state index is 13.5. The van der Waals surface area contributed by atoms with E-state index < -0.39 is 16.7 Å². The second kappa shape index (κ2) is 8.11. The van der Waals surface area contributed by atoms with E-state index in [0.29, 0.717) is 16.9 Å². The van der Waals surface area contributed by atoms with Crippen LogP contribution in [-0.2, 0) is 9.59 Å². The summed E-state index contributed by atoms with van der Waals surface area (Å²) in [5.41, 5.74) is 4.65. The van der Waals surface area contributed by atoms with Gasteiger partial charge in [0.25, 0.3) is 17.5 Å². The summed E-state index contributed by atoms with van der Waals surface area (Å²) in [4.78, 5) is 38.6. The highest BCUT2D eigenvalue weighted by molar-refractivity contribution is 6.46. The fraction of sp³-hybridized carbons (Fsp3) is 0.120. The van der Waals surface area contributed by atoms with Crippen LogP contribution >= 0.6 is 0 Å². The van der Waals surface area contributed by atoms with Crippen molar-refractivity contribution in [3.8, 4) is 0 Å². The molecule has 4 rings (SSSR count). The van der Waals surface area contributed by atoms with Crippen molar-refractivity contribution in [3.63, 3.8) is 0 Å². The molecule has 0 fully saturated rings. The number of carbonyl (C=O) groups excluding carboxylic acids is 2. The van der Waals surface area contributed by atoms with E-state index in [2.05, 4.69) is 5.32 Å². The van der Waals surface area contributed by atoms with E-state index >= 15 is 0 Å². The molecule has 32 heavy (non-hydrogen) atoms. The number of aryl methyl sites for hydroxylation is 3. The summed E-state index contributed by atoms with van der Waals surface area (Å²) in [6, 6.07) is 18.6. The molecule has 3 aromatic carbocycles. The van der Waals surface area contributed by atoms with Crippen molar-refractivity contribution in [1.82, 2.24) is 0 Å². The predicted octanol–water partition coefficient (Wildman–Crippen LogP) is 4.92. The van der Waals surface area contributed by atoms with Crippen molar-refractivity contribution in [2.24, 2.45) is 0 Å². The molecule has 7 heteroatoms. The van der Waals surface area contributed by atoms with E-state index in [4.69, 9.17) is 0 Å². The predicted molar refractivity (Wildman–Crippen MR) is 123 cm³/mol. The number of nitro groups is 1. The van der Waals surface area contributed by atoms with Gasteiger partial charge < -0.3 is 5.32 Å². The van der Waals surface area contributed by atoms with Crippen LogP contribution in [0.25, 0.3) is 5.57 Å². The summed E-state index contributed by atoms with van der Waals surface area (Å²) in [5.74, 6) is -0.959. The topological polar surface area (TPSA) is 92.6 Å². The summed E-state index contributed by atoms with van der Waals surface area (Å²) in [7, 11) is 0. The third-order valence-corrected chi connectivity index (χ3v) is 5.20. The number of anilines is 2. The first-order chi connectivity index (χ1) is 15.2. The number of nitrogens with one attached hydrogen (secondary N) is 1. The Morgan fingerprint density at radius 2 is 1.47 bits per heavy atom. The Morgan fingerprint density at radius 1 is 0.812 bits per heavy atom. The fourth-order valence-electron chi connectivity index (χ4n) is 3.84. The first kappa shape index (κ1) is 21.0. The lowest BCUT2D eigenvalue weighted by Crippen LogP contribution is -2.32. The van der Waals surface area contributed by atoms with Gasteiger partial charge in [-0.05, 0) is 79.4 Å². The van der Waals surface area contributed by atoms with E-state index in [9.17, 15) is 19.7 Å². The highest BCUT2D eigenvalue weighted by Crippen LogP contribution is 2.35. The average Bonchev–Trinajstić information content (AvgIpc) is 2.97. The number of nitro benzene ring substituents is 1. The number of amides is 2. The number of imide groups is 1. The highest BCUT2D eigenvalue weighted by atomic mass is 16.6. The third-order valence-electron chi connectivity index (χ3n) is 5.20. The summed E-state index contributed by atoms with van der Waals surface area (Å²) in [6.45, 7) is 5.73. The molecule has 0 aromatic heterocycles. The number of nitrogens with zero attached hydrogens (tertiary/aromatic N) is 2. The molecule has 2 amide bonds. The summed E-state index contributed by atoms with van der Waals surface area (Å²) in [6.07, 6.45) is 0. The molecule has 0 saturated heterocycles. The molecule has 1 aliphatic heterocycles. The largest absolute Gasteiger partial charge is 0.350 e. The standard InChI is InChI=1S/C25H21N3O4/c1-15-5-4-6-19(12-15)26-23-22(18-7-9-20(10-8-18)28(31)32)24(29)27(25(23)30)21-13-16(2)11-17(3)14-21/h4-14,26H,1-3H3. The van der Waals surface area contributed by atoms with Crippen LogP contribution in [0.15, 0.2) is 72.4 Å². The maximum atomic E-state index is 13.5. The minimum atomic E-state index is -0.506. The van der Waals surface area contributed by atoms with Crippen LogP contribution in [0.3, 0.4) is 0 Å². The molecule has 0 spiro atoms. The molecule has 1 N–H and O–H groups in total. The Kier molecular flexibility index (Phi) is 5.32. The van der Waals surface area contributed by atoms with E-state index in [1.54, 1.807) is 12.1 Å². The Morgan fingerprint density at radius 3 is 2.06 bits per heavy atom. The lowest BCUT2D eigenvalue weighted by molar-refractivity contribution is -0.384. The van der Waals surface area contributed by atoms with Crippen molar-refractivity contribution in [2.45, 2.75) is 20.8 Å². The number of rotatable bonds is 5. The van der Waals surface area contributed by atoms with Crippen LogP contribution < -0.4 is 10.2 Å². The maximum Gasteiger partial charge on any atom is 0.282 e. The Balaban J connectivity index is 1.84. The summed E-state index contributed by atoms with van der Waals surface area (Å²) >= 11 is 0. The van der Waals surface area contributed by atoms with Gasteiger partial charge in [-0.3, -0.25) is 19.7 Å². The van der Waals surface area contributed by atoms with Crippen LogP contribution in [0.1, 0.15) is 22.3 Å². The molecule has 0 aliphatic carbocycles. The van der Waals surface area contributed by atoms with Crippen molar-refractivity contribution in [3.05, 3.63) is 105 Å². The Hall–Kier alpha value is -4.26. The lowest BCUT2D eigenvalue weighted by atomic mass is 10.0. The molecule has 0 bridgehead atoms. The fourth-order valence-corrected chi connectivity index (χ4v) is 3.84. The Labute approximate surface area is 185 Å². The van der Waals surface area contributed by atoms with E-state index in [1.165, 1.54) is 24.3 Å². The molecule has 0 saturated carbocycles. The lowest BCUT2D eigenvalue weighted by Gasteiger charge is -2.17. The van der Waals surface area contributed by atoms with Gasteiger partial charge in [-0.15, -0.1) is 0 Å². The molecule has 3 aromatic rings. The van der Waals surface area contributed by atoms with Crippen molar-refractivity contribution in [2.75, 3.05) is 10.2 Å². The van der Waals surface area contributed by atoms with Crippen LogP contribution in [0, 0.1) is 30.9 Å². The number of non-ortho nitro benzene ring substituents is 1. The summed E-state index contributed by atoms with van der Waals surface area (Å²) in [5, 5.41) is 14.2. The average molecular weight is 427 g/mol. The molecule has 1 heterocycles. The van der Waals surface area contributed by atoms with Crippen LogP contribution in [0.4, 0.5) is 17.1 Å². The second-order valence-electron chi connectivity index (χ2n) is 7.84. The Bertz CT molecular complexity index is 1270. The zero-order valence-electron chi connectivity index (χ0n) is 17.9. The first-order valence-corrected chi connectivity index (χ1v) is 10.0. The number of hydrogen-bond acceptors (Lipinski definition) is 5. The zero-order valence-corrected chi connectivity index (χ0v) is 17.9. The third kappa shape index (κ3) is 3.88. The first-order valence-electron chi connectivity index (χ1n) is 10.0. The van der Waals surface area contributed by atoms with Gasteiger partial charge in [-0.2, -0.15) is 0 Å². The molecular formula is C25H21N3O4. The van der Waals surface area contributed by atoms with E-state index in [0.717, 1.165) is 21.6 Å². The second-order valence-corrected chi connectivity index (χ2v) is 7.84. The number of carbonyl (C=O) groups is 2. The molecule has 7 nitrogen and oxygen atoms in total. The van der Waals surface area contributed by atoms with Crippen molar-refractivity contribution >= 4 is 34.4 Å². The molecule has 1 aliphatic rings. The normalized spacial score (nSPS) is 13.7. The molecule has 0 unspecified atom stereocenters. The van der Waals surface area contributed by atoms with Gasteiger partial charge in [0.1, 0.15) is 5.70 Å². The quantitative estimate of drug-likeness (QED) is 0.355. The molecule has 0 atom stereocenters. The minimum Gasteiger partial charge on any atom is -0.350 e. The van der Waals surface area contributed by atoms with Crippen LogP contribution in [0.5, 0.6) is 0 Å². The van der Waals surface area contributed by atoms with Crippen molar-refractivity contribution < 1.29 is 14.5 Å². The van der Waals surface area contributed by atoms with Crippen molar-refractivity contribution in [1.29, 1.82) is 0 Å². The van der Waals surface area contributed by atoms with Gasteiger partial charge in [-0.1, -0.05) is 18.2 Å². The number of hydrogen-bond donors (Lipinski definition) is 1. The smallest absolute Gasteiger partial charge is 0.282 e. The van der Waals surface area contributed by atoms with E-state index in [-0.39, 0.29) is 17.0 Å².